The van der Waals surface area contributed by atoms with Crippen LogP contribution in [0.1, 0.15) is 41.8 Å². The third kappa shape index (κ3) is 5.83. The lowest BCUT2D eigenvalue weighted by Gasteiger charge is -2.26. The number of carbonyl (C=O) groups is 1. The largest absolute Gasteiger partial charge is 0.439 e. The van der Waals surface area contributed by atoms with Crippen LogP contribution < -0.4 is 15.4 Å². The molecule has 0 radical (unpaired) electrons. The highest BCUT2D eigenvalue weighted by atomic mass is 16.5. The van der Waals surface area contributed by atoms with E-state index in [2.05, 4.69) is 60.1 Å². The summed E-state index contributed by atoms with van der Waals surface area (Å²) < 4.78 is 5.89. The summed E-state index contributed by atoms with van der Waals surface area (Å²) in [5, 5.41) is 0. The molecular formula is C25H29N3O2. The van der Waals surface area contributed by atoms with E-state index in [4.69, 9.17) is 10.5 Å². The van der Waals surface area contributed by atoms with Crippen LogP contribution in [-0.2, 0) is 6.54 Å². The van der Waals surface area contributed by atoms with Gasteiger partial charge >= 0.3 is 0 Å². The van der Waals surface area contributed by atoms with Gasteiger partial charge in [-0.15, -0.1) is 0 Å². The van der Waals surface area contributed by atoms with Gasteiger partial charge in [0.25, 0.3) is 0 Å². The summed E-state index contributed by atoms with van der Waals surface area (Å²) in [4.78, 5) is 17.7. The molecule has 1 heterocycles. The third-order valence-corrected chi connectivity index (χ3v) is 4.95. The Morgan fingerprint density at radius 3 is 2.47 bits per heavy atom. The second-order valence-corrected chi connectivity index (χ2v) is 7.89. The molecule has 0 fully saturated rings. The van der Waals surface area contributed by atoms with Crippen molar-refractivity contribution >= 4 is 11.6 Å². The average Bonchev–Trinajstić information content (AvgIpc) is 2.74. The first-order valence-corrected chi connectivity index (χ1v) is 10.3. The van der Waals surface area contributed by atoms with Crippen LogP contribution in [-0.4, -0.2) is 17.4 Å². The second kappa shape index (κ2) is 9.92. The monoisotopic (exact) mass is 403 g/mol. The fourth-order valence-electron chi connectivity index (χ4n) is 3.20. The van der Waals surface area contributed by atoms with Crippen molar-refractivity contribution in [1.82, 2.24) is 4.98 Å². The van der Waals surface area contributed by atoms with Crippen LogP contribution in [0.2, 0.25) is 0 Å². The Kier molecular flexibility index (Phi) is 7.07. The van der Waals surface area contributed by atoms with Gasteiger partial charge in [0.2, 0.25) is 11.8 Å². The molecule has 0 bridgehead atoms. The van der Waals surface area contributed by atoms with Crippen molar-refractivity contribution in [2.45, 2.75) is 33.7 Å². The number of ether oxygens (including phenoxy) is 1. The van der Waals surface area contributed by atoms with Gasteiger partial charge < -0.3 is 15.4 Å². The van der Waals surface area contributed by atoms with E-state index in [1.807, 2.05) is 19.1 Å². The Labute approximate surface area is 178 Å². The minimum atomic E-state index is -0.505. The number of aryl methyl sites for hydroxylation is 1. The number of pyridine rings is 1. The van der Waals surface area contributed by atoms with Crippen molar-refractivity contribution in [1.29, 1.82) is 0 Å². The molecule has 0 atom stereocenters. The maximum Gasteiger partial charge on any atom is 0.250 e. The first kappa shape index (κ1) is 21.4. The number of nitrogens with two attached hydrogens (primary N) is 1. The molecule has 5 heteroatoms. The quantitative estimate of drug-likeness (QED) is 0.524. The maximum atomic E-state index is 11.2. The fraction of sp³-hybridized carbons (Fsp3) is 0.280. The molecule has 5 nitrogen and oxygen atoms in total. The van der Waals surface area contributed by atoms with E-state index in [1.54, 1.807) is 12.1 Å². The van der Waals surface area contributed by atoms with Gasteiger partial charge in [-0.3, -0.25) is 4.79 Å². The molecule has 3 aromatic rings. The minimum absolute atomic E-state index is 0.358. The molecule has 2 N–H and O–H groups in total. The van der Waals surface area contributed by atoms with Crippen molar-refractivity contribution in [2.24, 2.45) is 11.7 Å². The predicted octanol–water partition coefficient (Wildman–Crippen LogP) is 5.33. The molecular weight excluding hydrogens is 374 g/mol. The van der Waals surface area contributed by atoms with Crippen LogP contribution in [0.5, 0.6) is 11.6 Å². The molecule has 0 aliphatic carbocycles. The number of hydrogen-bond donors (Lipinski definition) is 1. The number of aromatic nitrogens is 1. The number of amides is 1. The van der Waals surface area contributed by atoms with Gasteiger partial charge in [0.1, 0.15) is 5.75 Å². The summed E-state index contributed by atoms with van der Waals surface area (Å²) in [5.41, 5.74) is 9.10. The predicted molar refractivity (Wildman–Crippen MR) is 121 cm³/mol. The van der Waals surface area contributed by atoms with Crippen molar-refractivity contribution in [3.63, 3.8) is 0 Å². The molecule has 30 heavy (non-hydrogen) atoms. The fourth-order valence-corrected chi connectivity index (χ4v) is 3.20. The van der Waals surface area contributed by atoms with Crippen LogP contribution in [0.15, 0.2) is 66.9 Å². The smallest absolute Gasteiger partial charge is 0.250 e. The van der Waals surface area contributed by atoms with Gasteiger partial charge in [-0.25, -0.2) is 4.98 Å². The Morgan fingerprint density at radius 1 is 1.10 bits per heavy atom. The summed E-state index contributed by atoms with van der Waals surface area (Å²) >= 11 is 0. The minimum Gasteiger partial charge on any atom is -0.439 e. The normalized spacial score (nSPS) is 10.8. The van der Waals surface area contributed by atoms with Gasteiger partial charge in [0.05, 0.1) is 5.56 Å². The summed E-state index contributed by atoms with van der Waals surface area (Å²) in [6.45, 7) is 8.38. The van der Waals surface area contributed by atoms with Gasteiger partial charge in [-0.1, -0.05) is 44.2 Å². The molecule has 0 saturated heterocycles. The molecule has 0 saturated carbocycles. The van der Waals surface area contributed by atoms with Crippen molar-refractivity contribution in [2.75, 3.05) is 11.4 Å². The molecule has 3 rings (SSSR count). The molecule has 0 aliphatic rings. The van der Waals surface area contributed by atoms with E-state index in [0.717, 1.165) is 30.8 Å². The lowest BCUT2D eigenvalue weighted by atomic mass is 10.1. The first-order valence-electron chi connectivity index (χ1n) is 10.3. The Bertz CT molecular complexity index is 969. The molecule has 2 aromatic carbocycles. The van der Waals surface area contributed by atoms with E-state index in [0.29, 0.717) is 17.4 Å². The summed E-state index contributed by atoms with van der Waals surface area (Å²) in [6.07, 6.45) is 2.57. The van der Waals surface area contributed by atoms with Crippen LogP contribution >= 0.6 is 0 Å². The highest BCUT2D eigenvalue weighted by molar-refractivity contribution is 5.92. The van der Waals surface area contributed by atoms with E-state index in [-0.39, 0.29) is 0 Å². The van der Waals surface area contributed by atoms with Gasteiger partial charge in [0.15, 0.2) is 0 Å². The Hall–Kier alpha value is -3.34. The number of carbonyl (C=O) groups excluding carboxylic acids is 1. The zero-order chi connectivity index (χ0) is 21.5. The van der Waals surface area contributed by atoms with Gasteiger partial charge in [-0.05, 0) is 54.7 Å². The number of benzene rings is 2. The van der Waals surface area contributed by atoms with E-state index < -0.39 is 5.91 Å². The summed E-state index contributed by atoms with van der Waals surface area (Å²) in [6, 6.07) is 20.0. The molecule has 0 unspecified atom stereocenters. The molecule has 156 valence electrons. The van der Waals surface area contributed by atoms with Crippen molar-refractivity contribution in [3.8, 4) is 11.6 Å². The summed E-state index contributed by atoms with van der Waals surface area (Å²) in [7, 11) is 0. The van der Waals surface area contributed by atoms with Gasteiger partial charge in [-0.2, -0.15) is 0 Å². The molecule has 1 amide bonds. The number of nitrogens with zero attached hydrogens (tertiary/aromatic N) is 2. The maximum absolute atomic E-state index is 11.2. The lowest BCUT2D eigenvalue weighted by Crippen LogP contribution is -2.24. The number of rotatable bonds is 9. The standard InChI is InChI=1S/C25H29N3O2/c1-18(2)13-14-28(22-7-5-4-6-8-22)17-20-9-11-23(19(3)15-20)30-24-12-10-21(16-27-24)25(26)29/h4-12,15-16,18H,13-14,17H2,1-3H3,(H2,26,29). The van der Waals surface area contributed by atoms with Crippen molar-refractivity contribution in [3.05, 3.63) is 83.6 Å². The average molecular weight is 404 g/mol. The molecule has 0 spiro atoms. The molecule has 1 aromatic heterocycles. The van der Waals surface area contributed by atoms with Crippen LogP contribution in [0.25, 0.3) is 0 Å². The second-order valence-electron chi connectivity index (χ2n) is 7.89. The SMILES string of the molecule is Cc1cc(CN(CCC(C)C)c2ccccc2)ccc1Oc1ccc(C(N)=O)cn1. The topological polar surface area (TPSA) is 68.5 Å². The molecule has 0 aliphatic heterocycles. The Balaban J connectivity index is 1.73. The highest BCUT2D eigenvalue weighted by Crippen LogP contribution is 2.26. The van der Waals surface area contributed by atoms with Crippen molar-refractivity contribution < 1.29 is 9.53 Å². The number of hydrogen-bond acceptors (Lipinski definition) is 4. The van der Waals surface area contributed by atoms with Crippen LogP contribution in [0.3, 0.4) is 0 Å². The van der Waals surface area contributed by atoms with E-state index in [9.17, 15) is 4.79 Å². The number of primary amides is 1. The zero-order valence-corrected chi connectivity index (χ0v) is 17.8. The first-order chi connectivity index (χ1) is 14.4. The number of para-hydroxylation sites is 1. The third-order valence-electron chi connectivity index (χ3n) is 4.95. The Morgan fingerprint density at radius 2 is 1.87 bits per heavy atom. The number of anilines is 1. The van der Waals surface area contributed by atoms with E-state index >= 15 is 0 Å². The van der Waals surface area contributed by atoms with Gasteiger partial charge in [0, 0.05) is 31.0 Å². The lowest BCUT2D eigenvalue weighted by molar-refractivity contribution is 0.1000. The van der Waals surface area contributed by atoms with Crippen LogP contribution in [0, 0.1) is 12.8 Å². The van der Waals surface area contributed by atoms with E-state index in [1.165, 1.54) is 17.4 Å². The zero-order valence-electron chi connectivity index (χ0n) is 17.8. The highest BCUT2D eigenvalue weighted by Gasteiger charge is 2.11. The van der Waals surface area contributed by atoms with Crippen LogP contribution in [0.4, 0.5) is 5.69 Å². The summed E-state index contributed by atoms with van der Waals surface area (Å²) in [5.74, 6) is 1.32.